The zero-order chi connectivity index (χ0) is 46.1. The molecule has 0 saturated carbocycles. The zero-order valence-corrected chi connectivity index (χ0v) is 36.6. The Labute approximate surface area is 373 Å². The highest BCUT2D eigenvalue weighted by Gasteiger charge is 2.51. The van der Waals surface area contributed by atoms with Crippen molar-refractivity contribution in [1.82, 2.24) is 35.5 Å². The van der Waals surface area contributed by atoms with Gasteiger partial charge >= 0.3 is 5.92 Å². The maximum absolute atomic E-state index is 15.8. The monoisotopic (exact) mass is 903 g/mol. The standard InChI is InChI=1S/C44H52F3N11O7/c1-24(2)57-23-44(46,47)41(64)53(3)32-20-48-42(51-36(32)57)49-29-19-28(45)27(18-33(29)65-4)37(60)52-56-14-10-25(11-15-56)55-21-43(22-55)12-16-54(17-13-43)30-7-5-6-26-35(30)40(63)58(39(26)62)31-8-9-34(59)50-38(31)61/h5-7,18-20,24-25,27-28,31H,8-17,21-23H2,1-4H3,(H,52,60)(H,48,49,51)(H,50,59,61). The number of methoxy groups -OCH3 is 1. The van der Waals surface area contributed by atoms with Crippen molar-refractivity contribution in [2.24, 2.45) is 11.3 Å². The topological polar surface area (TPSA) is 193 Å². The van der Waals surface area contributed by atoms with Crippen molar-refractivity contribution >= 4 is 58.6 Å². The molecule has 18 nitrogen and oxygen atoms in total. The maximum atomic E-state index is 15.8. The molecule has 2 aromatic rings. The second-order valence-corrected chi connectivity index (χ2v) is 18.3. The molecular weight excluding hydrogens is 852 g/mol. The normalized spacial score (nSPS) is 26.0. The number of aromatic nitrogens is 2. The molecule has 7 heterocycles. The van der Waals surface area contributed by atoms with Crippen molar-refractivity contribution < 1.29 is 46.7 Å². The minimum Gasteiger partial charge on any atom is -0.495 e. The Bertz CT molecular complexity index is 2390. The number of carbonyl (C=O) groups is 6. The summed E-state index contributed by atoms with van der Waals surface area (Å²) < 4.78 is 50.9. The molecule has 7 aliphatic rings. The van der Waals surface area contributed by atoms with Gasteiger partial charge in [0, 0.05) is 64.8 Å². The number of fused-ring (bicyclic) bond motifs is 2. The van der Waals surface area contributed by atoms with E-state index in [2.05, 4.69) is 35.8 Å². The van der Waals surface area contributed by atoms with Gasteiger partial charge in [-0.15, -0.1) is 0 Å². The van der Waals surface area contributed by atoms with Crippen LogP contribution in [0.25, 0.3) is 0 Å². The lowest BCUT2D eigenvalue weighted by Crippen LogP contribution is -2.64. The second kappa shape index (κ2) is 16.7. The van der Waals surface area contributed by atoms with Crippen molar-refractivity contribution in [1.29, 1.82) is 0 Å². The van der Waals surface area contributed by atoms with Crippen LogP contribution in [-0.4, -0.2) is 150 Å². The minimum absolute atomic E-state index is 0.0423. The number of amides is 6. The van der Waals surface area contributed by atoms with Gasteiger partial charge in [-0.1, -0.05) is 6.07 Å². The van der Waals surface area contributed by atoms with Crippen LogP contribution in [-0.2, 0) is 23.9 Å². The summed E-state index contributed by atoms with van der Waals surface area (Å²) >= 11 is 0. The summed E-state index contributed by atoms with van der Waals surface area (Å²) in [5.41, 5.74) is 4.55. The number of piperidine rings is 3. The van der Waals surface area contributed by atoms with E-state index in [0.717, 1.165) is 48.6 Å². The van der Waals surface area contributed by atoms with E-state index in [4.69, 9.17) is 4.74 Å². The van der Waals surface area contributed by atoms with Crippen LogP contribution in [0.15, 0.2) is 48.0 Å². The Balaban J connectivity index is 0.758. The summed E-state index contributed by atoms with van der Waals surface area (Å²) in [6.45, 7) is 6.98. The van der Waals surface area contributed by atoms with Crippen LogP contribution >= 0.6 is 0 Å². The van der Waals surface area contributed by atoms with E-state index < -0.39 is 72.1 Å². The van der Waals surface area contributed by atoms with Crippen molar-refractivity contribution in [2.45, 2.75) is 82.6 Å². The van der Waals surface area contributed by atoms with E-state index in [1.165, 1.54) is 37.4 Å². The molecule has 4 fully saturated rings. The number of ether oxygens (including phenoxy) is 1. The highest BCUT2D eigenvalue weighted by Crippen LogP contribution is 2.45. The third-order valence-corrected chi connectivity index (χ3v) is 14.0. The molecule has 21 heteroatoms. The molecule has 0 radical (unpaired) electrons. The number of allylic oxidation sites excluding steroid dienone is 1. The lowest BCUT2D eigenvalue weighted by Gasteiger charge is -2.57. The quantitative estimate of drug-likeness (QED) is 0.311. The lowest BCUT2D eigenvalue weighted by molar-refractivity contribution is -0.140. The number of rotatable bonds is 9. The number of carbonyl (C=O) groups excluding carboxylic acids is 6. The lowest BCUT2D eigenvalue weighted by atomic mass is 9.70. The zero-order valence-electron chi connectivity index (χ0n) is 36.6. The van der Waals surface area contributed by atoms with Crippen LogP contribution in [0.1, 0.15) is 73.1 Å². The SMILES string of the molecule is COC1=CC(C(=O)NN2CCC(N3CC4(CCN(c5cccc6c5C(=O)N(C5CCC(=O)NC5=O)C6=O)CC4)C3)CC2)C(F)C=C1Nc1ncc2c(n1)N(C(C)C)CC(F)(F)C(=O)N2C. The summed E-state index contributed by atoms with van der Waals surface area (Å²) in [6, 6.07) is 4.09. The van der Waals surface area contributed by atoms with Gasteiger partial charge in [0.05, 0.1) is 48.3 Å². The van der Waals surface area contributed by atoms with E-state index in [1.54, 1.807) is 26.0 Å². The van der Waals surface area contributed by atoms with E-state index in [0.29, 0.717) is 43.5 Å². The van der Waals surface area contributed by atoms with Crippen molar-refractivity contribution in [3.63, 3.8) is 0 Å². The number of alkyl halides is 3. The number of imide groups is 2. The number of anilines is 4. The van der Waals surface area contributed by atoms with Crippen LogP contribution in [0.3, 0.4) is 0 Å². The van der Waals surface area contributed by atoms with Crippen molar-refractivity contribution in [3.05, 3.63) is 59.1 Å². The van der Waals surface area contributed by atoms with E-state index in [9.17, 15) is 37.5 Å². The number of nitrogens with one attached hydrogen (secondary N) is 3. The molecule has 65 heavy (non-hydrogen) atoms. The van der Waals surface area contributed by atoms with Gasteiger partial charge in [-0.2, -0.15) is 13.8 Å². The average Bonchev–Trinajstić information content (AvgIpc) is 3.49. The van der Waals surface area contributed by atoms with E-state index in [-0.39, 0.29) is 52.7 Å². The number of hydrogen-bond donors (Lipinski definition) is 3. The van der Waals surface area contributed by atoms with Gasteiger partial charge in [-0.05, 0) is 75.7 Å². The Morgan fingerprint density at radius 2 is 1.68 bits per heavy atom. The summed E-state index contributed by atoms with van der Waals surface area (Å²) in [4.78, 5) is 93.8. The fraction of sp³-hybridized carbons (Fsp3) is 0.545. The van der Waals surface area contributed by atoms with Gasteiger partial charge < -0.3 is 24.8 Å². The molecular formula is C44H52F3N11O7. The van der Waals surface area contributed by atoms with Crippen LogP contribution < -0.4 is 30.8 Å². The summed E-state index contributed by atoms with van der Waals surface area (Å²) in [7, 11) is 2.61. The Morgan fingerprint density at radius 3 is 2.35 bits per heavy atom. The summed E-state index contributed by atoms with van der Waals surface area (Å²) in [5, 5.41) is 6.97. The van der Waals surface area contributed by atoms with Crippen LogP contribution in [0.5, 0.6) is 0 Å². The van der Waals surface area contributed by atoms with Gasteiger partial charge in [-0.25, -0.2) is 14.4 Å². The molecule has 4 saturated heterocycles. The minimum atomic E-state index is -3.66. The van der Waals surface area contributed by atoms with Crippen molar-refractivity contribution in [3.8, 4) is 0 Å². The molecule has 1 aromatic heterocycles. The van der Waals surface area contributed by atoms with Gasteiger partial charge in [0.1, 0.15) is 23.7 Å². The predicted molar refractivity (Wildman–Crippen MR) is 229 cm³/mol. The molecule has 6 amide bonds. The van der Waals surface area contributed by atoms with Crippen LogP contribution in [0.4, 0.5) is 36.3 Å². The van der Waals surface area contributed by atoms with E-state index in [1.807, 2.05) is 11.1 Å². The van der Waals surface area contributed by atoms with Crippen LogP contribution in [0.2, 0.25) is 0 Å². The highest BCUT2D eigenvalue weighted by molar-refractivity contribution is 6.25. The van der Waals surface area contributed by atoms with E-state index >= 15 is 4.39 Å². The largest absolute Gasteiger partial charge is 0.495 e. The third kappa shape index (κ3) is 7.95. The Morgan fingerprint density at radius 1 is 0.954 bits per heavy atom. The molecule has 3 unspecified atom stereocenters. The smallest absolute Gasteiger partial charge is 0.342 e. The predicted octanol–water partition coefficient (Wildman–Crippen LogP) is 2.60. The van der Waals surface area contributed by atoms with Gasteiger partial charge in [0.25, 0.3) is 17.7 Å². The highest BCUT2D eigenvalue weighted by atomic mass is 19.3. The Hall–Kier alpha value is -6.09. The fourth-order valence-corrected chi connectivity index (χ4v) is 10.3. The number of likely N-dealkylation sites (tertiary alicyclic amines) is 1. The van der Waals surface area contributed by atoms with Gasteiger partial charge in [-0.3, -0.25) is 49.3 Å². The number of hydrogen-bond acceptors (Lipinski definition) is 14. The molecule has 3 N–H and O–H groups in total. The molecule has 346 valence electrons. The average molecular weight is 904 g/mol. The summed E-state index contributed by atoms with van der Waals surface area (Å²) in [6.07, 6.45) is 5.70. The maximum Gasteiger partial charge on any atom is 0.342 e. The number of nitrogens with zero attached hydrogens (tertiary/aromatic N) is 8. The van der Waals surface area contributed by atoms with Crippen molar-refractivity contribution in [2.75, 3.05) is 80.0 Å². The third-order valence-electron chi connectivity index (χ3n) is 14.0. The Kier molecular flexibility index (Phi) is 11.4. The molecule has 3 atom stereocenters. The molecule has 9 rings (SSSR count). The number of hydrazine groups is 1. The summed E-state index contributed by atoms with van der Waals surface area (Å²) in [5.74, 6) is -8.61. The van der Waals surface area contributed by atoms with Gasteiger partial charge in [0.15, 0.2) is 5.82 Å². The second-order valence-electron chi connectivity index (χ2n) is 18.3. The molecule has 1 aliphatic carbocycles. The van der Waals surface area contributed by atoms with Crippen LogP contribution in [0, 0.1) is 11.3 Å². The first-order valence-corrected chi connectivity index (χ1v) is 22.1. The number of halogens is 3. The first-order valence-electron chi connectivity index (χ1n) is 22.1. The van der Waals surface area contributed by atoms with Gasteiger partial charge in [0.2, 0.25) is 23.7 Å². The molecule has 1 spiro atoms. The first-order chi connectivity index (χ1) is 31.0. The molecule has 0 bridgehead atoms. The molecule has 1 aromatic carbocycles. The number of benzene rings is 1. The first kappa shape index (κ1) is 44.1. The molecule has 6 aliphatic heterocycles. The fourth-order valence-electron chi connectivity index (χ4n) is 10.3.